The molecule has 0 saturated carbocycles. The second-order valence-corrected chi connectivity index (χ2v) is 4.88. The fourth-order valence-electron chi connectivity index (χ4n) is 1.91. The Balaban J connectivity index is 2.26. The highest BCUT2D eigenvalue weighted by Crippen LogP contribution is 2.33. The molecule has 1 atom stereocenters. The number of halogens is 2. The first-order valence-corrected chi connectivity index (χ1v) is 6.13. The van der Waals surface area contributed by atoms with Gasteiger partial charge in [-0.3, -0.25) is 0 Å². The molecule has 1 aromatic carbocycles. The molecule has 0 aliphatic carbocycles. The molecule has 1 aromatic rings. The van der Waals surface area contributed by atoms with Crippen LogP contribution < -0.4 is 5.32 Å². The van der Waals surface area contributed by atoms with Crippen molar-refractivity contribution in [3.63, 3.8) is 0 Å². The maximum Gasteiger partial charge on any atom is 0.0595 e. The van der Waals surface area contributed by atoms with Crippen molar-refractivity contribution in [3.8, 4) is 0 Å². The Morgan fingerprint density at radius 2 is 2.21 bits per heavy atom. The van der Waals surface area contributed by atoms with Crippen molar-refractivity contribution in [2.75, 3.05) is 6.54 Å². The summed E-state index contributed by atoms with van der Waals surface area (Å²) in [6.07, 6.45) is 3.76. The molecule has 1 saturated heterocycles. The summed E-state index contributed by atoms with van der Waals surface area (Å²) >= 11 is 9.69. The Bertz CT molecular complexity index is 321. The van der Waals surface area contributed by atoms with Gasteiger partial charge in [0.25, 0.3) is 0 Å². The van der Waals surface area contributed by atoms with Gasteiger partial charge in [-0.1, -0.05) is 30.2 Å². The van der Waals surface area contributed by atoms with E-state index >= 15 is 0 Å². The lowest BCUT2D eigenvalue weighted by molar-refractivity contribution is 0.412. The number of benzene rings is 1. The molecule has 1 aliphatic rings. The largest absolute Gasteiger partial charge is 0.310 e. The lowest BCUT2D eigenvalue weighted by atomic mass is 9.98. The van der Waals surface area contributed by atoms with Gasteiger partial charge >= 0.3 is 0 Å². The van der Waals surface area contributed by atoms with E-state index in [1.165, 1.54) is 24.8 Å². The van der Waals surface area contributed by atoms with E-state index < -0.39 is 0 Å². The van der Waals surface area contributed by atoms with Crippen molar-refractivity contribution >= 4 is 27.5 Å². The summed E-state index contributed by atoms with van der Waals surface area (Å²) in [4.78, 5) is 0. The molecule has 1 fully saturated rings. The molecular weight excluding hydrogens is 261 g/mol. The first kappa shape index (κ1) is 10.5. The maximum absolute atomic E-state index is 6.24. The van der Waals surface area contributed by atoms with Gasteiger partial charge < -0.3 is 5.32 Å². The molecule has 76 valence electrons. The van der Waals surface area contributed by atoms with Crippen LogP contribution in [0.15, 0.2) is 22.7 Å². The van der Waals surface area contributed by atoms with Crippen LogP contribution in [0.4, 0.5) is 0 Å². The Morgan fingerprint density at radius 3 is 2.93 bits per heavy atom. The zero-order valence-electron chi connectivity index (χ0n) is 7.89. The van der Waals surface area contributed by atoms with E-state index in [0.717, 1.165) is 16.0 Å². The van der Waals surface area contributed by atoms with Crippen LogP contribution in [0, 0.1) is 0 Å². The molecule has 1 N–H and O–H groups in total. The molecular formula is C11H13BrClN. The predicted molar refractivity (Wildman–Crippen MR) is 63.7 cm³/mol. The van der Waals surface area contributed by atoms with Gasteiger partial charge in [-0.15, -0.1) is 0 Å². The van der Waals surface area contributed by atoms with Crippen LogP contribution in [0.25, 0.3) is 0 Å². The molecule has 0 aromatic heterocycles. The van der Waals surface area contributed by atoms with Crippen molar-refractivity contribution in [1.82, 2.24) is 5.32 Å². The molecule has 2 rings (SSSR count). The van der Waals surface area contributed by atoms with Gasteiger partial charge in [0.1, 0.15) is 0 Å². The fraction of sp³-hybridized carbons (Fsp3) is 0.455. The van der Waals surface area contributed by atoms with Gasteiger partial charge in [-0.05, 0) is 46.9 Å². The number of rotatable bonds is 1. The van der Waals surface area contributed by atoms with Crippen LogP contribution in [0.1, 0.15) is 30.9 Å². The van der Waals surface area contributed by atoms with Crippen molar-refractivity contribution in [3.05, 3.63) is 33.3 Å². The normalized spacial score (nSPS) is 22.3. The van der Waals surface area contributed by atoms with E-state index in [2.05, 4.69) is 27.3 Å². The third-order valence-corrected chi connectivity index (χ3v) is 3.98. The minimum Gasteiger partial charge on any atom is -0.310 e. The zero-order valence-corrected chi connectivity index (χ0v) is 10.2. The number of hydrogen-bond acceptors (Lipinski definition) is 1. The molecule has 0 radical (unpaired) electrons. The summed E-state index contributed by atoms with van der Waals surface area (Å²) in [5.41, 5.74) is 1.22. The smallest absolute Gasteiger partial charge is 0.0595 e. The fourth-order valence-corrected chi connectivity index (χ4v) is 2.55. The lowest BCUT2D eigenvalue weighted by Gasteiger charge is -2.24. The Kier molecular flexibility index (Phi) is 3.47. The molecule has 0 spiro atoms. The van der Waals surface area contributed by atoms with Crippen LogP contribution in [-0.4, -0.2) is 6.54 Å². The molecule has 0 unspecified atom stereocenters. The van der Waals surface area contributed by atoms with Crippen LogP contribution in [-0.2, 0) is 0 Å². The van der Waals surface area contributed by atoms with Crippen molar-refractivity contribution in [2.24, 2.45) is 0 Å². The molecule has 1 nitrogen and oxygen atoms in total. The molecule has 1 heterocycles. The Morgan fingerprint density at radius 1 is 1.36 bits per heavy atom. The first-order valence-electron chi connectivity index (χ1n) is 4.96. The van der Waals surface area contributed by atoms with E-state index in [4.69, 9.17) is 11.6 Å². The van der Waals surface area contributed by atoms with Crippen LogP contribution >= 0.6 is 27.5 Å². The average molecular weight is 275 g/mol. The highest BCUT2D eigenvalue weighted by atomic mass is 79.9. The van der Waals surface area contributed by atoms with Crippen molar-refractivity contribution < 1.29 is 0 Å². The number of piperidine rings is 1. The van der Waals surface area contributed by atoms with Crippen LogP contribution in [0.5, 0.6) is 0 Å². The van der Waals surface area contributed by atoms with Crippen LogP contribution in [0.3, 0.4) is 0 Å². The Hall–Kier alpha value is -0.0500. The molecule has 0 bridgehead atoms. The topological polar surface area (TPSA) is 12.0 Å². The summed E-state index contributed by atoms with van der Waals surface area (Å²) in [7, 11) is 0. The van der Waals surface area contributed by atoms with E-state index in [1.54, 1.807) is 0 Å². The number of hydrogen-bond donors (Lipinski definition) is 1. The summed E-state index contributed by atoms with van der Waals surface area (Å²) in [5.74, 6) is 0. The predicted octanol–water partition coefficient (Wildman–Crippen LogP) is 3.92. The monoisotopic (exact) mass is 273 g/mol. The highest BCUT2D eigenvalue weighted by Gasteiger charge is 2.17. The third-order valence-electron chi connectivity index (χ3n) is 2.67. The summed E-state index contributed by atoms with van der Waals surface area (Å²) in [6, 6.07) is 6.57. The standard InChI is InChI=1S/C11H13BrClN/c12-9-5-3-4-8(11(9)13)10-6-1-2-7-14-10/h3-5,10,14H,1-2,6-7H2/t10-/m1/s1. The quantitative estimate of drug-likeness (QED) is 0.818. The van der Waals surface area contributed by atoms with Gasteiger partial charge in [-0.2, -0.15) is 0 Å². The van der Waals surface area contributed by atoms with Gasteiger partial charge in [0.15, 0.2) is 0 Å². The number of nitrogens with one attached hydrogen (secondary N) is 1. The second kappa shape index (κ2) is 4.65. The van der Waals surface area contributed by atoms with E-state index in [1.807, 2.05) is 12.1 Å². The summed E-state index contributed by atoms with van der Waals surface area (Å²) in [6.45, 7) is 1.10. The lowest BCUT2D eigenvalue weighted by Crippen LogP contribution is -2.26. The SMILES string of the molecule is Clc1c(Br)cccc1[C@H]1CCCCN1. The van der Waals surface area contributed by atoms with Crippen molar-refractivity contribution in [2.45, 2.75) is 25.3 Å². The average Bonchev–Trinajstić information content (AvgIpc) is 2.23. The third kappa shape index (κ3) is 2.13. The van der Waals surface area contributed by atoms with Gasteiger partial charge in [0.2, 0.25) is 0 Å². The minimum atomic E-state index is 0.439. The molecule has 1 aliphatic heterocycles. The van der Waals surface area contributed by atoms with Gasteiger partial charge in [0.05, 0.1) is 5.02 Å². The summed E-state index contributed by atoms with van der Waals surface area (Å²) in [5, 5.41) is 4.35. The van der Waals surface area contributed by atoms with Gasteiger partial charge in [-0.25, -0.2) is 0 Å². The molecule has 3 heteroatoms. The maximum atomic E-state index is 6.24. The highest BCUT2D eigenvalue weighted by molar-refractivity contribution is 9.10. The Labute approximate surface area is 98.0 Å². The molecule has 0 amide bonds. The summed E-state index contributed by atoms with van der Waals surface area (Å²) < 4.78 is 0.990. The zero-order chi connectivity index (χ0) is 9.97. The minimum absolute atomic E-state index is 0.439. The van der Waals surface area contributed by atoms with E-state index in [0.29, 0.717) is 6.04 Å². The van der Waals surface area contributed by atoms with E-state index in [9.17, 15) is 0 Å². The van der Waals surface area contributed by atoms with Gasteiger partial charge in [0, 0.05) is 10.5 Å². The first-order chi connectivity index (χ1) is 6.79. The van der Waals surface area contributed by atoms with Crippen molar-refractivity contribution in [1.29, 1.82) is 0 Å². The van der Waals surface area contributed by atoms with E-state index in [-0.39, 0.29) is 0 Å². The second-order valence-electron chi connectivity index (χ2n) is 3.65. The van der Waals surface area contributed by atoms with Crippen LogP contribution in [0.2, 0.25) is 5.02 Å². The molecule has 14 heavy (non-hydrogen) atoms.